The molecule has 0 aliphatic rings. The highest BCUT2D eigenvalue weighted by Crippen LogP contribution is 2.26. The van der Waals surface area contributed by atoms with Gasteiger partial charge in [-0.2, -0.15) is 4.37 Å². The van der Waals surface area contributed by atoms with Gasteiger partial charge in [-0.3, -0.25) is 0 Å². The molecular formula is C14H21N3OS2. The maximum absolute atomic E-state index is 10.1. The van der Waals surface area contributed by atoms with Crippen molar-refractivity contribution in [1.82, 2.24) is 9.36 Å². The average molecular weight is 311 g/mol. The van der Waals surface area contributed by atoms with Crippen molar-refractivity contribution >= 4 is 28.0 Å². The van der Waals surface area contributed by atoms with Crippen molar-refractivity contribution in [3.63, 3.8) is 0 Å². The molecule has 0 spiro atoms. The molecule has 0 aliphatic heterocycles. The predicted octanol–water partition coefficient (Wildman–Crippen LogP) is 3.82. The van der Waals surface area contributed by atoms with E-state index in [1.165, 1.54) is 11.5 Å². The number of thiophene rings is 1. The molecule has 0 saturated heterocycles. The Balaban J connectivity index is 1.91. The minimum Gasteiger partial charge on any atom is -0.387 e. The summed E-state index contributed by atoms with van der Waals surface area (Å²) in [4.78, 5) is 5.51. The van der Waals surface area contributed by atoms with Gasteiger partial charge in [0.1, 0.15) is 5.82 Å². The van der Waals surface area contributed by atoms with Crippen LogP contribution in [0.15, 0.2) is 17.5 Å². The van der Waals surface area contributed by atoms with E-state index in [2.05, 4.69) is 42.4 Å². The largest absolute Gasteiger partial charge is 0.387 e. The van der Waals surface area contributed by atoms with E-state index in [0.717, 1.165) is 15.8 Å². The first-order valence-corrected chi connectivity index (χ1v) is 8.34. The van der Waals surface area contributed by atoms with E-state index in [9.17, 15) is 5.11 Å². The lowest BCUT2D eigenvalue weighted by atomic mass is 9.96. The molecule has 2 heterocycles. The molecule has 2 aromatic heterocycles. The van der Waals surface area contributed by atoms with Crippen molar-refractivity contribution in [3.05, 3.63) is 28.2 Å². The number of aromatic nitrogens is 2. The minimum absolute atomic E-state index is 0.0316. The van der Waals surface area contributed by atoms with Gasteiger partial charge >= 0.3 is 0 Å². The van der Waals surface area contributed by atoms with Gasteiger partial charge in [0.25, 0.3) is 0 Å². The standard InChI is InChI=1S/C14H21N3OS2/c1-9(8-10(18)11-6-5-7-19-11)15-13-16-12(17-20-13)14(2,3)4/h5-7,9-10,18H,8H2,1-4H3,(H,15,16,17). The third-order valence-electron chi connectivity index (χ3n) is 2.92. The maximum Gasteiger partial charge on any atom is 0.202 e. The Labute approximate surface area is 128 Å². The van der Waals surface area contributed by atoms with Gasteiger partial charge in [-0.15, -0.1) is 11.3 Å². The van der Waals surface area contributed by atoms with Gasteiger partial charge in [0, 0.05) is 27.9 Å². The fraction of sp³-hybridized carbons (Fsp3) is 0.571. The SMILES string of the molecule is CC(CC(O)c1cccs1)Nc1nc(C(C)(C)C)ns1. The van der Waals surface area contributed by atoms with E-state index in [1.54, 1.807) is 11.3 Å². The van der Waals surface area contributed by atoms with Crippen LogP contribution in [0.3, 0.4) is 0 Å². The van der Waals surface area contributed by atoms with Crippen molar-refractivity contribution in [1.29, 1.82) is 0 Å². The number of anilines is 1. The third kappa shape index (κ3) is 4.01. The van der Waals surface area contributed by atoms with Crippen LogP contribution in [0.2, 0.25) is 0 Å². The molecule has 0 bridgehead atoms. The summed E-state index contributed by atoms with van der Waals surface area (Å²) >= 11 is 2.96. The smallest absolute Gasteiger partial charge is 0.202 e. The fourth-order valence-corrected chi connectivity index (χ4v) is 3.38. The van der Waals surface area contributed by atoms with Crippen LogP contribution in [0.25, 0.3) is 0 Å². The Bertz CT molecular complexity index is 531. The van der Waals surface area contributed by atoms with Crippen LogP contribution in [0.1, 0.15) is 50.9 Å². The van der Waals surface area contributed by atoms with E-state index in [0.29, 0.717) is 6.42 Å². The Hall–Kier alpha value is -0.980. The second-order valence-corrected chi connectivity index (χ2v) is 7.72. The highest BCUT2D eigenvalue weighted by Gasteiger charge is 2.20. The summed E-state index contributed by atoms with van der Waals surface area (Å²) in [5, 5.41) is 16.3. The normalized spacial score (nSPS) is 15.1. The molecule has 6 heteroatoms. The van der Waals surface area contributed by atoms with E-state index >= 15 is 0 Å². The number of nitrogens with one attached hydrogen (secondary N) is 1. The zero-order valence-electron chi connectivity index (χ0n) is 12.3. The van der Waals surface area contributed by atoms with E-state index in [-0.39, 0.29) is 11.5 Å². The van der Waals surface area contributed by atoms with Crippen molar-refractivity contribution in [2.75, 3.05) is 5.32 Å². The molecule has 2 unspecified atom stereocenters. The third-order valence-corrected chi connectivity index (χ3v) is 4.53. The van der Waals surface area contributed by atoms with Crippen LogP contribution < -0.4 is 5.32 Å². The van der Waals surface area contributed by atoms with Crippen molar-refractivity contribution in [2.24, 2.45) is 0 Å². The first-order chi connectivity index (χ1) is 9.36. The number of aliphatic hydroxyl groups is 1. The number of hydrogen-bond acceptors (Lipinski definition) is 6. The highest BCUT2D eigenvalue weighted by molar-refractivity contribution is 7.10. The second-order valence-electron chi connectivity index (χ2n) is 5.99. The van der Waals surface area contributed by atoms with Gasteiger partial charge < -0.3 is 10.4 Å². The summed E-state index contributed by atoms with van der Waals surface area (Å²) in [6.07, 6.45) is 0.234. The molecule has 0 amide bonds. The average Bonchev–Trinajstić information content (AvgIpc) is 2.97. The van der Waals surface area contributed by atoms with Gasteiger partial charge in [-0.05, 0) is 24.8 Å². The Morgan fingerprint density at radius 3 is 2.70 bits per heavy atom. The molecule has 2 aromatic rings. The van der Waals surface area contributed by atoms with Crippen LogP contribution >= 0.6 is 22.9 Å². The van der Waals surface area contributed by atoms with Crippen LogP contribution in [-0.2, 0) is 5.41 Å². The summed E-state index contributed by atoms with van der Waals surface area (Å²) in [6.45, 7) is 8.35. The lowest BCUT2D eigenvalue weighted by Gasteiger charge is -2.16. The Morgan fingerprint density at radius 2 is 2.15 bits per heavy atom. The number of rotatable bonds is 5. The minimum atomic E-state index is -0.424. The van der Waals surface area contributed by atoms with Crippen LogP contribution in [0, 0.1) is 0 Å². The van der Waals surface area contributed by atoms with Gasteiger partial charge in [0.15, 0.2) is 0 Å². The fourth-order valence-electron chi connectivity index (χ4n) is 1.79. The van der Waals surface area contributed by atoms with Crippen molar-refractivity contribution < 1.29 is 5.11 Å². The molecule has 0 saturated carbocycles. The molecule has 0 radical (unpaired) electrons. The van der Waals surface area contributed by atoms with Crippen LogP contribution in [0.5, 0.6) is 0 Å². The summed E-state index contributed by atoms with van der Waals surface area (Å²) in [6, 6.07) is 4.07. The zero-order valence-corrected chi connectivity index (χ0v) is 13.9. The Morgan fingerprint density at radius 1 is 1.40 bits per heavy atom. The summed E-state index contributed by atoms with van der Waals surface area (Å²) in [5.41, 5.74) is -0.0316. The van der Waals surface area contributed by atoms with E-state index in [1.807, 2.05) is 17.5 Å². The first kappa shape index (κ1) is 15.4. The van der Waals surface area contributed by atoms with Crippen molar-refractivity contribution in [2.45, 2.75) is 51.7 Å². The van der Waals surface area contributed by atoms with Crippen molar-refractivity contribution in [3.8, 4) is 0 Å². The summed E-state index contributed by atoms with van der Waals surface area (Å²) < 4.78 is 4.38. The molecule has 4 nitrogen and oxygen atoms in total. The summed E-state index contributed by atoms with van der Waals surface area (Å²) in [7, 11) is 0. The molecule has 20 heavy (non-hydrogen) atoms. The van der Waals surface area contributed by atoms with Gasteiger partial charge in [-0.1, -0.05) is 26.8 Å². The predicted molar refractivity (Wildman–Crippen MR) is 85.6 cm³/mol. The molecule has 2 rings (SSSR count). The van der Waals surface area contributed by atoms with Gasteiger partial charge in [0.05, 0.1) is 6.10 Å². The summed E-state index contributed by atoms with van der Waals surface area (Å²) in [5.74, 6) is 0.857. The quantitative estimate of drug-likeness (QED) is 0.881. The molecule has 0 fully saturated rings. The molecular weight excluding hydrogens is 290 g/mol. The van der Waals surface area contributed by atoms with Crippen LogP contribution in [-0.4, -0.2) is 20.5 Å². The molecule has 110 valence electrons. The number of hydrogen-bond donors (Lipinski definition) is 2. The molecule has 2 atom stereocenters. The highest BCUT2D eigenvalue weighted by atomic mass is 32.1. The monoisotopic (exact) mass is 311 g/mol. The van der Waals surface area contributed by atoms with E-state index < -0.39 is 6.10 Å². The zero-order chi connectivity index (χ0) is 14.8. The van der Waals surface area contributed by atoms with Gasteiger partial charge in [-0.25, -0.2) is 4.98 Å². The Kier molecular flexibility index (Phi) is 4.78. The number of aliphatic hydroxyl groups excluding tert-OH is 1. The molecule has 0 aromatic carbocycles. The lowest BCUT2D eigenvalue weighted by molar-refractivity contribution is 0.166. The second kappa shape index (κ2) is 6.20. The van der Waals surface area contributed by atoms with E-state index in [4.69, 9.17) is 0 Å². The first-order valence-electron chi connectivity index (χ1n) is 6.68. The van der Waals surface area contributed by atoms with Crippen LogP contribution in [0.4, 0.5) is 5.13 Å². The maximum atomic E-state index is 10.1. The molecule has 2 N–H and O–H groups in total. The topological polar surface area (TPSA) is 58.0 Å². The molecule has 0 aliphatic carbocycles. The lowest BCUT2D eigenvalue weighted by Crippen LogP contribution is -2.19. The number of nitrogens with zero attached hydrogens (tertiary/aromatic N) is 2. The van der Waals surface area contributed by atoms with Gasteiger partial charge in [0.2, 0.25) is 5.13 Å².